The molecule has 0 aliphatic heterocycles. The van der Waals surface area contributed by atoms with E-state index in [0.717, 1.165) is 0 Å². The summed E-state index contributed by atoms with van der Waals surface area (Å²) in [6.07, 6.45) is -0.516. The summed E-state index contributed by atoms with van der Waals surface area (Å²) < 4.78 is 0. The summed E-state index contributed by atoms with van der Waals surface area (Å²) in [5.41, 5.74) is 0. The number of carbonyl (C=O) groups excluding carboxylic acids is 1. The Hall–Kier alpha value is -0.770. The van der Waals surface area contributed by atoms with Crippen LogP contribution in [-0.4, -0.2) is 30.3 Å². The van der Waals surface area contributed by atoms with E-state index in [1.165, 1.54) is 7.05 Å². The molecule has 10 heavy (non-hydrogen) atoms. The first-order chi connectivity index (χ1) is 4.57. The van der Waals surface area contributed by atoms with Gasteiger partial charge in [0.1, 0.15) is 0 Å². The van der Waals surface area contributed by atoms with E-state index in [1.54, 1.807) is 13.8 Å². The Morgan fingerprint density at radius 1 is 1.50 bits per heavy atom. The molecule has 4 nitrogen and oxygen atoms in total. The number of aliphatic hydroxyl groups excluding tert-OH is 1. The third-order valence-corrected chi connectivity index (χ3v) is 1.31. The van der Waals surface area contributed by atoms with Crippen LogP contribution in [-0.2, 0) is 0 Å². The molecule has 2 atom stereocenters. The second-order valence-corrected chi connectivity index (χ2v) is 2.25. The summed E-state index contributed by atoms with van der Waals surface area (Å²) in [6.45, 7) is 3.36. The maximum Gasteiger partial charge on any atom is 0.314 e. The van der Waals surface area contributed by atoms with Crippen LogP contribution in [0.2, 0.25) is 0 Å². The third-order valence-electron chi connectivity index (χ3n) is 1.31. The van der Waals surface area contributed by atoms with Crippen LogP contribution in [0.4, 0.5) is 4.79 Å². The number of rotatable bonds is 2. The lowest BCUT2D eigenvalue weighted by molar-refractivity contribution is 0.153. The average molecular weight is 146 g/mol. The summed E-state index contributed by atoms with van der Waals surface area (Å²) in [4.78, 5) is 10.6. The Bertz CT molecular complexity index is 114. The van der Waals surface area contributed by atoms with Gasteiger partial charge in [-0.3, -0.25) is 0 Å². The fourth-order valence-electron chi connectivity index (χ4n) is 0.400. The van der Waals surface area contributed by atoms with Crippen LogP contribution in [0.15, 0.2) is 0 Å². The number of amides is 2. The molecule has 60 valence electrons. The van der Waals surface area contributed by atoms with Crippen molar-refractivity contribution in [2.45, 2.75) is 26.0 Å². The minimum atomic E-state index is -0.516. The van der Waals surface area contributed by atoms with Crippen molar-refractivity contribution < 1.29 is 9.90 Å². The van der Waals surface area contributed by atoms with Gasteiger partial charge in [-0.15, -0.1) is 0 Å². The summed E-state index contributed by atoms with van der Waals surface area (Å²) in [7, 11) is 1.53. The smallest absolute Gasteiger partial charge is 0.314 e. The molecule has 0 radical (unpaired) electrons. The highest BCUT2D eigenvalue weighted by Crippen LogP contribution is 1.88. The molecule has 0 aromatic rings. The lowest BCUT2D eigenvalue weighted by Gasteiger charge is -2.15. The maximum absolute atomic E-state index is 10.6. The molecule has 4 heteroatoms. The van der Waals surface area contributed by atoms with Gasteiger partial charge in [-0.1, -0.05) is 0 Å². The van der Waals surface area contributed by atoms with Gasteiger partial charge in [0, 0.05) is 7.05 Å². The van der Waals surface area contributed by atoms with Crippen LogP contribution >= 0.6 is 0 Å². The highest BCUT2D eigenvalue weighted by molar-refractivity contribution is 5.73. The van der Waals surface area contributed by atoms with Crippen molar-refractivity contribution in [1.82, 2.24) is 10.6 Å². The minimum absolute atomic E-state index is 0.208. The first-order valence-electron chi connectivity index (χ1n) is 3.24. The standard InChI is InChI=1S/C6H14N2O2/c1-4(5(2)9)8-6(10)7-3/h4-5,9H,1-3H3,(H2,7,8,10). The van der Waals surface area contributed by atoms with Crippen molar-refractivity contribution in [3.05, 3.63) is 0 Å². The van der Waals surface area contributed by atoms with Gasteiger partial charge < -0.3 is 15.7 Å². The topological polar surface area (TPSA) is 61.4 Å². The van der Waals surface area contributed by atoms with Gasteiger partial charge in [-0.2, -0.15) is 0 Å². The van der Waals surface area contributed by atoms with Gasteiger partial charge >= 0.3 is 6.03 Å². The summed E-state index contributed by atoms with van der Waals surface area (Å²) in [5, 5.41) is 13.8. The molecule has 3 N–H and O–H groups in total. The second kappa shape index (κ2) is 4.11. The normalized spacial score (nSPS) is 15.6. The molecule has 0 heterocycles. The fraction of sp³-hybridized carbons (Fsp3) is 0.833. The lowest BCUT2D eigenvalue weighted by atomic mass is 10.2. The number of aliphatic hydroxyl groups is 1. The van der Waals surface area contributed by atoms with Crippen LogP contribution in [0, 0.1) is 0 Å². The zero-order chi connectivity index (χ0) is 8.15. The van der Waals surface area contributed by atoms with Crippen molar-refractivity contribution in [1.29, 1.82) is 0 Å². The van der Waals surface area contributed by atoms with Crippen molar-refractivity contribution in [3.63, 3.8) is 0 Å². The fourth-order valence-corrected chi connectivity index (χ4v) is 0.400. The molecule has 0 aromatic carbocycles. The molecule has 2 unspecified atom stereocenters. The highest BCUT2D eigenvalue weighted by Gasteiger charge is 2.09. The zero-order valence-corrected chi connectivity index (χ0v) is 6.51. The maximum atomic E-state index is 10.6. The predicted octanol–water partition coefficient (Wildman–Crippen LogP) is -0.315. The molecule has 0 aliphatic rings. The van der Waals surface area contributed by atoms with Crippen molar-refractivity contribution in [2.75, 3.05) is 7.05 Å². The van der Waals surface area contributed by atoms with E-state index in [4.69, 9.17) is 5.11 Å². The molecule has 0 aliphatic carbocycles. The third kappa shape index (κ3) is 3.29. The molecule has 0 bridgehead atoms. The number of carbonyl (C=O) groups is 1. The number of hydrogen-bond donors (Lipinski definition) is 3. The van der Waals surface area contributed by atoms with E-state index in [9.17, 15) is 4.79 Å². The van der Waals surface area contributed by atoms with Gasteiger partial charge in [0.2, 0.25) is 0 Å². The Morgan fingerprint density at radius 2 is 2.00 bits per heavy atom. The van der Waals surface area contributed by atoms with Crippen LogP contribution in [0.3, 0.4) is 0 Å². The molecule has 0 fully saturated rings. The predicted molar refractivity (Wildman–Crippen MR) is 38.7 cm³/mol. The Morgan fingerprint density at radius 3 is 2.30 bits per heavy atom. The van der Waals surface area contributed by atoms with Crippen LogP contribution in [0.1, 0.15) is 13.8 Å². The second-order valence-electron chi connectivity index (χ2n) is 2.25. The molecule has 0 saturated heterocycles. The number of hydrogen-bond acceptors (Lipinski definition) is 2. The summed E-state index contributed by atoms with van der Waals surface area (Å²) in [6, 6.07) is -0.478. The molecule has 0 spiro atoms. The average Bonchev–Trinajstić information content (AvgIpc) is 1.87. The SMILES string of the molecule is CNC(=O)NC(C)C(C)O. The quantitative estimate of drug-likeness (QED) is 0.500. The highest BCUT2D eigenvalue weighted by atomic mass is 16.3. The molecule has 0 saturated carbocycles. The summed E-state index contributed by atoms with van der Waals surface area (Å²) >= 11 is 0. The van der Waals surface area contributed by atoms with Gasteiger partial charge in [0.15, 0.2) is 0 Å². The largest absolute Gasteiger partial charge is 0.391 e. The molecular weight excluding hydrogens is 132 g/mol. The van der Waals surface area contributed by atoms with Gasteiger partial charge in [0.25, 0.3) is 0 Å². The van der Waals surface area contributed by atoms with Crippen molar-refractivity contribution in [2.24, 2.45) is 0 Å². The Labute approximate surface area is 60.6 Å². The van der Waals surface area contributed by atoms with E-state index in [0.29, 0.717) is 0 Å². The summed E-state index contributed by atoms with van der Waals surface area (Å²) in [5.74, 6) is 0. The van der Waals surface area contributed by atoms with E-state index < -0.39 is 6.10 Å². The molecule has 2 amide bonds. The van der Waals surface area contributed by atoms with Crippen LogP contribution in [0.25, 0.3) is 0 Å². The van der Waals surface area contributed by atoms with Crippen molar-refractivity contribution >= 4 is 6.03 Å². The Kier molecular flexibility index (Phi) is 3.79. The van der Waals surface area contributed by atoms with Gasteiger partial charge in [-0.05, 0) is 13.8 Å². The first-order valence-corrected chi connectivity index (χ1v) is 3.24. The monoisotopic (exact) mass is 146 g/mol. The van der Waals surface area contributed by atoms with Crippen molar-refractivity contribution in [3.8, 4) is 0 Å². The molecular formula is C6H14N2O2. The van der Waals surface area contributed by atoms with Crippen LogP contribution in [0.5, 0.6) is 0 Å². The van der Waals surface area contributed by atoms with E-state index in [2.05, 4.69) is 10.6 Å². The zero-order valence-electron chi connectivity index (χ0n) is 6.51. The van der Waals surface area contributed by atoms with E-state index in [-0.39, 0.29) is 12.1 Å². The Balaban J connectivity index is 3.57. The lowest BCUT2D eigenvalue weighted by Crippen LogP contribution is -2.43. The number of nitrogens with one attached hydrogen (secondary N) is 2. The van der Waals surface area contributed by atoms with Gasteiger partial charge in [0.05, 0.1) is 12.1 Å². The van der Waals surface area contributed by atoms with Crippen LogP contribution < -0.4 is 10.6 Å². The number of urea groups is 1. The molecule has 0 rings (SSSR count). The minimum Gasteiger partial charge on any atom is -0.391 e. The van der Waals surface area contributed by atoms with E-state index in [1.807, 2.05) is 0 Å². The van der Waals surface area contributed by atoms with Gasteiger partial charge in [-0.25, -0.2) is 4.79 Å². The molecule has 0 aromatic heterocycles. The first kappa shape index (κ1) is 9.23. The van der Waals surface area contributed by atoms with E-state index >= 15 is 0 Å².